The van der Waals surface area contributed by atoms with Crippen LogP contribution < -0.4 is 5.73 Å². The average molecular weight is 279 g/mol. The fourth-order valence-electron chi connectivity index (χ4n) is 1.50. The van der Waals surface area contributed by atoms with Crippen LogP contribution in [0.25, 0.3) is 0 Å². The summed E-state index contributed by atoms with van der Waals surface area (Å²) in [6.45, 7) is 5.08. The fourth-order valence-corrected chi connectivity index (χ4v) is 1.50. The highest BCUT2D eigenvalue weighted by Crippen LogP contribution is 2.31. The van der Waals surface area contributed by atoms with E-state index in [2.05, 4.69) is 0 Å². The van der Waals surface area contributed by atoms with E-state index in [0.29, 0.717) is 6.07 Å². The van der Waals surface area contributed by atoms with Crippen LogP contribution >= 0.6 is 0 Å². The number of ketones is 1. The van der Waals surface area contributed by atoms with E-state index in [4.69, 9.17) is 5.73 Å². The van der Waals surface area contributed by atoms with Crippen LogP contribution in [0.1, 0.15) is 37.8 Å². The minimum atomic E-state index is -4.60. The number of carbonyl (C=O) groups excluding carboxylic acids is 1. The monoisotopic (exact) mass is 279 g/mol. The molecule has 0 amide bonds. The van der Waals surface area contributed by atoms with Gasteiger partial charge in [-0.15, -0.1) is 0 Å². The van der Waals surface area contributed by atoms with E-state index in [1.807, 2.05) is 13.8 Å². The van der Waals surface area contributed by atoms with Gasteiger partial charge in [-0.1, -0.05) is 19.9 Å². The SMILES string of the molecule is CC.CC(=O)C(CN)c1ccc(C(F)(F)F)cc1F. The predicted molar refractivity (Wildman–Crippen MR) is 65.2 cm³/mol. The molecule has 0 bridgehead atoms. The van der Waals surface area contributed by atoms with Gasteiger partial charge in [0.05, 0.1) is 11.5 Å². The Morgan fingerprint density at radius 3 is 2.16 bits per heavy atom. The quantitative estimate of drug-likeness (QED) is 0.860. The van der Waals surface area contributed by atoms with Crippen molar-refractivity contribution in [2.24, 2.45) is 5.73 Å². The van der Waals surface area contributed by atoms with Gasteiger partial charge < -0.3 is 5.73 Å². The summed E-state index contributed by atoms with van der Waals surface area (Å²) >= 11 is 0. The molecule has 1 atom stereocenters. The smallest absolute Gasteiger partial charge is 0.329 e. The van der Waals surface area contributed by atoms with Gasteiger partial charge in [-0.05, 0) is 24.6 Å². The van der Waals surface area contributed by atoms with E-state index >= 15 is 0 Å². The van der Waals surface area contributed by atoms with Crippen molar-refractivity contribution in [1.82, 2.24) is 0 Å². The predicted octanol–water partition coefficient (Wildman–Crippen LogP) is 3.50. The van der Waals surface area contributed by atoms with Gasteiger partial charge in [-0.3, -0.25) is 4.79 Å². The van der Waals surface area contributed by atoms with Crippen LogP contribution in [0.4, 0.5) is 17.6 Å². The molecule has 0 aromatic heterocycles. The van der Waals surface area contributed by atoms with Crippen molar-refractivity contribution in [1.29, 1.82) is 0 Å². The minimum Gasteiger partial charge on any atom is -0.329 e. The summed E-state index contributed by atoms with van der Waals surface area (Å²) in [5, 5.41) is 0. The zero-order valence-electron chi connectivity index (χ0n) is 11.0. The van der Waals surface area contributed by atoms with Gasteiger partial charge in [0.2, 0.25) is 0 Å². The molecule has 1 rings (SSSR count). The molecule has 0 saturated heterocycles. The van der Waals surface area contributed by atoms with Crippen molar-refractivity contribution >= 4 is 5.78 Å². The second-order valence-electron chi connectivity index (χ2n) is 3.63. The van der Waals surface area contributed by atoms with Crippen molar-refractivity contribution in [3.05, 3.63) is 35.1 Å². The molecule has 0 saturated carbocycles. The van der Waals surface area contributed by atoms with Gasteiger partial charge in [-0.25, -0.2) is 4.39 Å². The fraction of sp³-hybridized carbons (Fsp3) is 0.462. The Bertz CT molecular complexity index is 429. The van der Waals surface area contributed by atoms with Crippen LogP contribution in [0.5, 0.6) is 0 Å². The Balaban J connectivity index is 0.00000154. The third-order valence-corrected chi connectivity index (χ3v) is 2.43. The summed E-state index contributed by atoms with van der Waals surface area (Å²) < 4.78 is 50.3. The second kappa shape index (κ2) is 7.23. The molecule has 0 spiro atoms. The zero-order valence-corrected chi connectivity index (χ0v) is 11.0. The lowest BCUT2D eigenvalue weighted by Crippen LogP contribution is -2.21. The molecule has 0 heterocycles. The van der Waals surface area contributed by atoms with Crippen LogP contribution in [0.15, 0.2) is 18.2 Å². The minimum absolute atomic E-state index is 0.104. The van der Waals surface area contributed by atoms with Crippen LogP contribution in [0.2, 0.25) is 0 Å². The molecule has 0 aliphatic heterocycles. The molecular weight excluding hydrogens is 262 g/mol. The number of hydrogen-bond donors (Lipinski definition) is 1. The maximum absolute atomic E-state index is 13.5. The van der Waals surface area contributed by atoms with E-state index < -0.39 is 23.5 Å². The number of carbonyl (C=O) groups is 1. The lowest BCUT2D eigenvalue weighted by Gasteiger charge is -2.14. The highest BCUT2D eigenvalue weighted by molar-refractivity contribution is 5.83. The van der Waals surface area contributed by atoms with Gasteiger partial charge in [0.15, 0.2) is 0 Å². The molecule has 1 aromatic rings. The Labute approximate surface area is 109 Å². The second-order valence-corrected chi connectivity index (χ2v) is 3.63. The number of Topliss-reactive ketones (excluding diaryl/α,β-unsaturated/α-hetero) is 1. The van der Waals surface area contributed by atoms with E-state index in [0.717, 1.165) is 12.1 Å². The standard InChI is InChI=1S/C11H11F4NO.C2H6/c1-6(17)9(5-16)8-3-2-7(4-10(8)12)11(13,14)15;1-2/h2-4,9H,5,16H2,1H3;1-2H3. The molecule has 1 unspecified atom stereocenters. The largest absolute Gasteiger partial charge is 0.416 e. The van der Waals surface area contributed by atoms with Crippen molar-refractivity contribution in [2.45, 2.75) is 32.9 Å². The van der Waals surface area contributed by atoms with E-state index in [9.17, 15) is 22.4 Å². The van der Waals surface area contributed by atoms with Crippen molar-refractivity contribution in [3.8, 4) is 0 Å². The first-order valence-corrected chi connectivity index (χ1v) is 5.84. The molecule has 108 valence electrons. The van der Waals surface area contributed by atoms with Gasteiger partial charge in [0.1, 0.15) is 11.6 Å². The maximum atomic E-state index is 13.5. The molecule has 0 radical (unpaired) electrons. The van der Waals surface area contributed by atoms with Crippen LogP contribution in [0, 0.1) is 5.82 Å². The maximum Gasteiger partial charge on any atom is 0.416 e. The van der Waals surface area contributed by atoms with Crippen LogP contribution in [-0.2, 0) is 11.0 Å². The number of alkyl halides is 3. The third-order valence-electron chi connectivity index (χ3n) is 2.43. The van der Waals surface area contributed by atoms with Crippen LogP contribution in [0.3, 0.4) is 0 Å². The highest BCUT2D eigenvalue weighted by Gasteiger charge is 2.32. The van der Waals surface area contributed by atoms with Crippen LogP contribution in [-0.4, -0.2) is 12.3 Å². The molecule has 0 aliphatic carbocycles. The first kappa shape index (κ1) is 17.6. The Kier molecular flexibility index (Phi) is 6.69. The highest BCUT2D eigenvalue weighted by atomic mass is 19.4. The number of hydrogen-bond acceptors (Lipinski definition) is 2. The zero-order chi connectivity index (χ0) is 15.2. The number of rotatable bonds is 3. The Hall–Kier alpha value is -1.43. The first-order chi connectivity index (χ1) is 8.77. The lowest BCUT2D eigenvalue weighted by atomic mass is 9.94. The van der Waals surface area contributed by atoms with E-state index in [1.54, 1.807) is 0 Å². The molecule has 0 fully saturated rings. The molecule has 19 heavy (non-hydrogen) atoms. The molecular formula is C13H17F4NO. The summed E-state index contributed by atoms with van der Waals surface area (Å²) in [6, 6.07) is 2.07. The molecule has 2 N–H and O–H groups in total. The average Bonchev–Trinajstić information content (AvgIpc) is 2.33. The molecule has 6 heteroatoms. The van der Waals surface area contributed by atoms with Gasteiger partial charge in [0, 0.05) is 6.54 Å². The number of benzene rings is 1. The molecule has 1 aromatic carbocycles. The van der Waals surface area contributed by atoms with Gasteiger partial charge >= 0.3 is 6.18 Å². The molecule has 2 nitrogen and oxygen atoms in total. The topological polar surface area (TPSA) is 43.1 Å². The first-order valence-electron chi connectivity index (χ1n) is 5.84. The normalized spacial score (nSPS) is 12.4. The van der Waals surface area contributed by atoms with Crippen molar-refractivity contribution in [3.63, 3.8) is 0 Å². The van der Waals surface area contributed by atoms with E-state index in [1.165, 1.54) is 6.92 Å². The summed E-state index contributed by atoms with van der Waals surface area (Å²) in [4.78, 5) is 11.1. The summed E-state index contributed by atoms with van der Waals surface area (Å²) in [5.74, 6) is -2.35. The Morgan fingerprint density at radius 2 is 1.84 bits per heavy atom. The lowest BCUT2D eigenvalue weighted by molar-refractivity contribution is -0.137. The van der Waals surface area contributed by atoms with Crippen molar-refractivity contribution in [2.75, 3.05) is 6.54 Å². The summed E-state index contributed by atoms with van der Waals surface area (Å²) in [7, 11) is 0. The van der Waals surface area contributed by atoms with Crippen molar-refractivity contribution < 1.29 is 22.4 Å². The van der Waals surface area contributed by atoms with Gasteiger partial charge in [0.25, 0.3) is 0 Å². The summed E-state index contributed by atoms with van der Waals surface area (Å²) in [5.41, 5.74) is 4.10. The number of nitrogens with two attached hydrogens (primary N) is 1. The Morgan fingerprint density at radius 1 is 1.32 bits per heavy atom. The molecule has 0 aliphatic rings. The number of halogens is 4. The third kappa shape index (κ3) is 4.63. The van der Waals surface area contributed by atoms with Gasteiger partial charge in [-0.2, -0.15) is 13.2 Å². The summed E-state index contributed by atoms with van der Waals surface area (Å²) in [6.07, 6.45) is -4.60. The van der Waals surface area contributed by atoms with E-state index in [-0.39, 0.29) is 17.9 Å².